The van der Waals surface area contributed by atoms with Gasteiger partial charge < -0.3 is 5.32 Å². The first-order valence-electron chi connectivity index (χ1n) is 9.39. The zero-order chi connectivity index (χ0) is 20.9. The van der Waals surface area contributed by atoms with Gasteiger partial charge in [-0.2, -0.15) is 13.2 Å². The van der Waals surface area contributed by atoms with Gasteiger partial charge in [-0.25, -0.2) is 4.79 Å². The topological polar surface area (TPSA) is 44.7 Å². The van der Waals surface area contributed by atoms with Gasteiger partial charge in [0.15, 0.2) is 0 Å². The minimum absolute atomic E-state index is 0.182. The normalized spacial score (nSPS) is 18.0. The van der Waals surface area contributed by atoms with E-state index in [1.165, 1.54) is 5.38 Å². The first kappa shape index (κ1) is 18.9. The highest BCUT2D eigenvalue weighted by Crippen LogP contribution is 2.38. The summed E-state index contributed by atoms with van der Waals surface area (Å²) in [6.45, 7) is 0.454. The van der Waals surface area contributed by atoms with Crippen molar-refractivity contribution in [1.29, 1.82) is 0 Å². The molecule has 1 saturated heterocycles. The maximum Gasteiger partial charge on any atom is 0.425 e. The van der Waals surface area contributed by atoms with Crippen molar-refractivity contribution in [2.45, 2.75) is 18.6 Å². The summed E-state index contributed by atoms with van der Waals surface area (Å²) >= 11 is 0.689. The van der Waals surface area contributed by atoms with Gasteiger partial charge >= 0.3 is 12.2 Å². The quantitative estimate of drug-likeness (QED) is 0.551. The molecule has 2 aliphatic rings. The second kappa shape index (κ2) is 6.98. The molecule has 0 spiro atoms. The SMILES string of the molecule is O=C1NC[C@@H](c2ccc(-c3csc(C(F)(F)F)c3)cc2)N1c1ccc2c(c1)N=CC2. The smallest absolute Gasteiger partial charge is 0.335 e. The number of halogens is 3. The Morgan fingerprint density at radius 2 is 1.87 bits per heavy atom. The molecule has 8 heteroatoms. The number of aliphatic imine (C=N–C) groups is 1. The van der Waals surface area contributed by atoms with Crippen LogP contribution in [0.5, 0.6) is 0 Å². The zero-order valence-electron chi connectivity index (χ0n) is 15.6. The van der Waals surface area contributed by atoms with Crippen molar-refractivity contribution in [2.24, 2.45) is 4.99 Å². The third-order valence-electron chi connectivity index (χ3n) is 5.37. The van der Waals surface area contributed by atoms with Gasteiger partial charge in [0.25, 0.3) is 0 Å². The van der Waals surface area contributed by atoms with Crippen LogP contribution in [-0.2, 0) is 12.6 Å². The molecular weight excluding hydrogens is 411 g/mol. The molecule has 4 nitrogen and oxygen atoms in total. The van der Waals surface area contributed by atoms with Gasteiger partial charge in [0, 0.05) is 24.9 Å². The number of nitrogens with one attached hydrogen (secondary N) is 1. The van der Waals surface area contributed by atoms with E-state index < -0.39 is 11.1 Å². The molecule has 152 valence electrons. The van der Waals surface area contributed by atoms with E-state index in [1.807, 2.05) is 36.5 Å². The molecule has 0 radical (unpaired) electrons. The summed E-state index contributed by atoms with van der Waals surface area (Å²) in [4.78, 5) is 18.0. The first-order chi connectivity index (χ1) is 14.4. The third kappa shape index (κ3) is 3.27. The second-order valence-electron chi connectivity index (χ2n) is 7.22. The number of carbonyl (C=O) groups is 1. The van der Waals surface area contributed by atoms with Gasteiger partial charge in [-0.05, 0) is 45.8 Å². The van der Waals surface area contributed by atoms with Crippen LogP contribution in [-0.4, -0.2) is 18.8 Å². The maximum atomic E-state index is 12.9. The average molecular weight is 427 g/mol. The van der Waals surface area contributed by atoms with E-state index in [0.717, 1.165) is 35.0 Å². The third-order valence-corrected chi connectivity index (χ3v) is 6.35. The molecule has 2 amide bonds. The van der Waals surface area contributed by atoms with Crippen LogP contribution >= 0.6 is 11.3 Å². The predicted octanol–water partition coefficient (Wildman–Crippen LogP) is 5.96. The Balaban J connectivity index is 1.42. The largest absolute Gasteiger partial charge is 0.425 e. The lowest BCUT2D eigenvalue weighted by Gasteiger charge is -2.24. The molecule has 3 heterocycles. The predicted molar refractivity (Wildman–Crippen MR) is 112 cm³/mol. The maximum absolute atomic E-state index is 12.9. The van der Waals surface area contributed by atoms with Crippen molar-refractivity contribution in [1.82, 2.24) is 5.32 Å². The fourth-order valence-electron chi connectivity index (χ4n) is 3.84. The molecule has 1 N–H and O–H groups in total. The molecule has 3 aromatic rings. The minimum atomic E-state index is -4.33. The number of rotatable bonds is 3. The Kier molecular flexibility index (Phi) is 4.39. The van der Waals surface area contributed by atoms with Crippen LogP contribution in [0.2, 0.25) is 0 Å². The number of benzene rings is 2. The van der Waals surface area contributed by atoms with E-state index in [-0.39, 0.29) is 12.1 Å². The van der Waals surface area contributed by atoms with Gasteiger partial charge in [0.05, 0.1) is 11.7 Å². The van der Waals surface area contributed by atoms with Crippen LogP contribution in [0.4, 0.5) is 29.3 Å². The zero-order valence-corrected chi connectivity index (χ0v) is 16.4. The lowest BCUT2D eigenvalue weighted by Crippen LogP contribution is -2.29. The highest BCUT2D eigenvalue weighted by atomic mass is 32.1. The standard InChI is InChI=1S/C22H16F3N3OS/c23-22(24,25)20-9-16(12-30-20)13-1-3-15(4-2-13)19-11-27-21(29)28(19)17-6-5-14-7-8-26-18(14)10-17/h1-6,8-10,12,19H,7,11H2,(H,27,29)/t19-/m0/s1. The molecule has 1 aromatic heterocycles. The number of hydrogen-bond donors (Lipinski definition) is 1. The molecule has 0 bridgehead atoms. The van der Waals surface area contributed by atoms with Crippen molar-refractivity contribution in [2.75, 3.05) is 11.4 Å². The van der Waals surface area contributed by atoms with Crippen molar-refractivity contribution in [3.8, 4) is 11.1 Å². The summed E-state index contributed by atoms with van der Waals surface area (Å²) < 4.78 is 38.6. The van der Waals surface area contributed by atoms with Gasteiger partial charge in [-0.15, -0.1) is 11.3 Å². The lowest BCUT2D eigenvalue weighted by molar-refractivity contribution is -0.134. The molecule has 2 aliphatic heterocycles. The summed E-state index contributed by atoms with van der Waals surface area (Å²) in [5.41, 5.74) is 4.93. The minimum Gasteiger partial charge on any atom is -0.335 e. The first-order valence-corrected chi connectivity index (χ1v) is 10.3. The van der Waals surface area contributed by atoms with Gasteiger partial charge in [0.1, 0.15) is 4.88 Å². The molecule has 0 aliphatic carbocycles. The van der Waals surface area contributed by atoms with E-state index in [1.54, 1.807) is 17.0 Å². The molecule has 0 unspecified atom stereocenters. The van der Waals surface area contributed by atoms with Gasteiger partial charge in [0.2, 0.25) is 0 Å². The Morgan fingerprint density at radius 3 is 2.60 bits per heavy atom. The van der Waals surface area contributed by atoms with Crippen LogP contribution in [0.3, 0.4) is 0 Å². The number of carbonyl (C=O) groups excluding carboxylic acids is 1. The van der Waals surface area contributed by atoms with Gasteiger partial charge in [-0.1, -0.05) is 30.3 Å². The molecule has 1 atom stereocenters. The Morgan fingerprint density at radius 1 is 1.07 bits per heavy atom. The number of nitrogens with zero attached hydrogens (tertiary/aromatic N) is 2. The molecule has 1 fully saturated rings. The summed E-state index contributed by atoms with van der Waals surface area (Å²) in [5, 5.41) is 4.39. The fourth-order valence-corrected chi connectivity index (χ4v) is 4.62. The Labute approximate surface area is 174 Å². The van der Waals surface area contributed by atoms with E-state index in [9.17, 15) is 18.0 Å². The highest BCUT2D eigenvalue weighted by molar-refractivity contribution is 7.10. The van der Waals surface area contributed by atoms with Crippen LogP contribution in [0, 0.1) is 0 Å². The van der Waals surface area contributed by atoms with Crippen molar-refractivity contribution >= 4 is 35.0 Å². The summed E-state index contributed by atoms with van der Waals surface area (Å²) in [7, 11) is 0. The van der Waals surface area contributed by atoms with Crippen molar-refractivity contribution in [3.05, 3.63) is 69.9 Å². The Hall–Kier alpha value is -3.13. The number of urea groups is 1. The van der Waals surface area contributed by atoms with Crippen molar-refractivity contribution < 1.29 is 18.0 Å². The van der Waals surface area contributed by atoms with E-state index in [0.29, 0.717) is 29.0 Å². The number of anilines is 1. The van der Waals surface area contributed by atoms with Gasteiger partial charge in [-0.3, -0.25) is 9.89 Å². The summed E-state index contributed by atoms with van der Waals surface area (Å²) in [5.74, 6) is 0. The monoisotopic (exact) mass is 427 g/mol. The fraction of sp³-hybridized carbons (Fsp3) is 0.182. The van der Waals surface area contributed by atoms with Crippen LogP contribution in [0.25, 0.3) is 11.1 Å². The van der Waals surface area contributed by atoms with E-state index in [4.69, 9.17) is 0 Å². The summed E-state index contributed by atoms with van der Waals surface area (Å²) in [6, 6.07) is 13.9. The molecular formula is C22H16F3N3OS. The Bertz CT molecular complexity index is 1150. The number of thiophene rings is 1. The number of fused-ring (bicyclic) bond motifs is 1. The highest BCUT2D eigenvalue weighted by Gasteiger charge is 2.34. The average Bonchev–Trinajstić information content (AvgIpc) is 3.46. The summed E-state index contributed by atoms with van der Waals surface area (Å²) in [6.07, 6.45) is -1.69. The number of alkyl halides is 3. The number of hydrogen-bond acceptors (Lipinski definition) is 3. The van der Waals surface area contributed by atoms with E-state index in [2.05, 4.69) is 10.3 Å². The molecule has 30 heavy (non-hydrogen) atoms. The molecule has 0 saturated carbocycles. The molecule has 2 aromatic carbocycles. The van der Waals surface area contributed by atoms with Crippen LogP contribution in [0.1, 0.15) is 22.0 Å². The number of amides is 2. The molecule has 5 rings (SSSR count). The van der Waals surface area contributed by atoms with E-state index >= 15 is 0 Å². The second-order valence-corrected chi connectivity index (χ2v) is 8.13. The van der Waals surface area contributed by atoms with Crippen molar-refractivity contribution in [3.63, 3.8) is 0 Å². The van der Waals surface area contributed by atoms with Crippen LogP contribution < -0.4 is 10.2 Å². The lowest BCUT2D eigenvalue weighted by atomic mass is 10.0. The van der Waals surface area contributed by atoms with Crippen LogP contribution in [0.15, 0.2) is 58.9 Å².